The van der Waals surface area contributed by atoms with Crippen molar-refractivity contribution in [1.29, 1.82) is 0 Å². The molecule has 5 heteroatoms. The molecule has 0 aromatic heterocycles. The first-order chi connectivity index (χ1) is 13.9. The van der Waals surface area contributed by atoms with E-state index in [9.17, 15) is 19.1 Å². The summed E-state index contributed by atoms with van der Waals surface area (Å²) in [6.45, 7) is 4.45. The summed E-state index contributed by atoms with van der Waals surface area (Å²) in [6.07, 6.45) is 3.83. The van der Waals surface area contributed by atoms with Crippen molar-refractivity contribution in [2.45, 2.75) is 45.6 Å². The Morgan fingerprint density at radius 2 is 1.66 bits per heavy atom. The van der Waals surface area contributed by atoms with Crippen molar-refractivity contribution in [2.75, 3.05) is 6.54 Å². The third-order valence-corrected chi connectivity index (χ3v) is 5.30. The molecule has 0 bridgehead atoms. The molecule has 0 aliphatic carbocycles. The number of unbranched alkanes of at least 4 members (excludes halogenated alkanes) is 3. The van der Waals surface area contributed by atoms with Crippen LogP contribution in [0.4, 0.5) is 4.39 Å². The summed E-state index contributed by atoms with van der Waals surface area (Å²) in [6, 6.07) is 12.1. The highest BCUT2D eigenvalue weighted by molar-refractivity contribution is 6.46. The zero-order chi connectivity index (χ0) is 21.0. The van der Waals surface area contributed by atoms with Crippen LogP contribution in [0.15, 0.2) is 54.1 Å². The van der Waals surface area contributed by atoms with Crippen molar-refractivity contribution < 1.29 is 19.1 Å². The van der Waals surface area contributed by atoms with E-state index in [-0.39, 0.29) is 11.3 Å². The third-order valence-electron chi connectivity index (χ3n) is 5.30. The van der Waals surface area contributed by atoms with Crippen molar-refractivity contribution >= 4 is 17.4 Å². The number of hydrogen-bond donors (Lipinski definition) is 1. The first-order valence-electron chi connectivity index (χ1n) is 10.0. The normalized spacial score (nSPS) is 18.4. The van der Waals surface area contributed by atoms with Crippen LogP contribution in [0.5, 0.6) is 0 Å². The Bertz CT molecular complexity index is 916. The van der Waals surface area contributed by atoms with Crippen LogP contribution >= 0.6 is 0 Å². The zero-order valence-electron chi connectivity index (χ0n) is 16.8. The number of amides is 1. The first-order valence-corrected chi connectivity index (χ1v) is 10.0. The second-order valence-electron chi connectivity index (χ2n) is 7.47. The number of nitrogens with zero attached hydrogens (tertiary/aromatic N) is 1. The van der Waals surface area contributed by atoms with Crippen molar-refractivity contribution in [3.63, 3.8) is 0 Å². The fraction of sp³-hybridized carbons (Fsp3) is 0.333. The number of halogens is 1. The monoisotopic (exact) mass is 395 g/mol. The summed E-state index contributed by atoms with van der Waals surface area (Å²) in [7, 11) is 0. The Labute approximate surface area is 170 Å². The van der Waals surface area contributed by atoms with Gasteiger partial charge in [-0.1, -0.05) is 68.1 Å². The number of aryl methyl sites for hydroxylation is 1. The minimum atomic E-state index is -0.724. The molecule has 152 valence electrons. The fourth-order valence-electron chi connectivity index (χ4n) is 3.68. The molecule has 0 radical (unpaired) electrons. The maximum absolute atomic E-state index is 13.5. The molecular formula is C24H26FNO3. The molecule has 1 aliphatic rings. The standard InChI is InChI=1S/C24H26FNO3/c1-3-4-5-6-15-26-21(17-11-13-19(25)14-12-17)20(23(28)24(26)29)22(27)18-9-7-16(2)8-10-18/h7-14,21,27H,3-6,15H2,1-2H3. The van der Waals surface area contributed by atoms with E-state index < -0.39 is 23.5 Å². The van der Waals surface area contributed by atoms with Gasteiger partial charge in [0.2, 0.25) is 0 Å². The van der Waals surface area contributed by atoms with Crippen LogP contribution in [0.1, 0.15) is 55.3 Å². The van der Waals surface area contributed by atoms with E-state index in [0.29, 0.717) is 17.7 Å². The second kappa shape index (κ2) is 9.03. The molecule has 1 amide bonds. The van der Waals surface area contributed by atoms with Crippen LogP contribution in [0, 0.1) is 12.7 Å². The molecule has 1 heterocycles. The molecule has 0 spiro atoms. The van der Waals surface area contributed by atoms with E-state index in [1.54, 1.807) is 24.3 Å². The third kappa shape index (κ3) is 4.39. The van der Waals surface area contributed by atoms with Gasteiger partial charge in [0.15, 0.2) is 0 Å². The average Bonchev–Trinajstić information content (AvgIpc) is 2.96. The Kier molecular flexibility index (Phi) is 6.47. The van der Waals surface area contributed by atoms with Crippen molar-refractivity contribution in [2.24, 2.45) is 0 Å². The molecule has 4 nitrogen and oxygen atoms in total. The summed E-state index contributed by atoms with van der Waals surface area (Å²) in [5.74, 6) is -1.92. The molecule has 0 saturated carbocycles. The van der Waals surface area contributed by atoms with Crippen molar-refractivity contribution in [3.05, 3.63) is 76.6 Å². The molecule has 3 rings (SSSR count). The van der Waals surface area contributed by atoms with Crippen LogP contribution in [-0.4, -0.2) is 28.2 Å². The lowest BCUT2D eigenvalue weighted by atomic mass is 9.95. The average molecular weight is 395 g/mol. The molecule has 2 aromatic rings. The molecule has 1 fully saturated rings. The number of hydrogen-bond acceptors (Lipinski definition) is 3. The molecule has 1 atom stereocenters. The zero-order valence-corrected chi connectivity index (χ0v) is 16.8. The molecule has 1 saturated heterocycles. The Hall–Kier alpha value is -2.95. The van der Waals surface area contributed by atoms with Gasteiger partial charge in [-0.05, 0) is 31.0 Å². The quantitative estimate of drug-likeness (QED) is 0.306. The second-order valence-corrected chi connectivity index (χ2v) is 7.47. The van der Waals surface area contributed by atoms with Gasteiger partial charge in [0.25, 0.3) is 11.7 Å². The number of ketones is 1. The van der Waals surface area contributed by atoms with Gasteiger partial charge < -0.3 is 10.0 Å². The lowest BCUT2D eigenvalue weighted by molar-refractivity contribution is -0.139. The van der Waals surface area contributed by atoms with Gasteiger partial charge in [0.1, 0.15) is 11.6 Å². The first kappa shape index (κ1) is 20.8. The largest absolute Gasteiger partial charge is 0.507 e. The predicted molar refractivity (Wildman–Crippen MR) is 111 cm³/mol. The van der Waals surface area contributed by atoms with E-state index in [1.165, 1.54) is 17.0 Å². The van der Waals surface area contributed by atoms with E-state index in [0.717, 1.165) is 31.2 Å². The van der Waals surface area contributed by atoms with Crippen LogP contribution in [-0.2, 0) is 9.59 Å². The topological polar surface area (TPSA) is 57.6 Å². The number of carbonyl (C=O) groups excluding carboxylic acids is 2. The fourth-order valence-corrected chi connectivity index (χ4v) is 3.68. The number of benzene rings is 2. The summed E-state index contributed by atoms with van der Waals surface area (Å²) < 4.78 is 13.5. The smallest absolute Gasteiger partial charge is 0.295 e. The minimum absolute atomic E-state index is 0.0564. The van der Waals surface area contributed by atoms with Gasteiger partial charge in [0.05, 0.1) is 11.6 Å². The van der Waals surface area contributed by atoms with Gasteiger partial charge in [-0.25, -0.2) is 4.39 Å². The predicted octanol–water partition coefficient (Wildman–Crippen LogP) is 5.14. The van der Waals surface area contributed by atoms with Gasteiger partial charge >= 0.3 is 0 Å². The summed E-state index contributed by atoms with van der Waals surface area (Å²) in [4.78, 5) is 27.1. The Morgan fingerprint density at radius 1 is 1.00 bits per heavy atom. The number of aliphatic hydroxyl groups is 1. The van der Waals surface area contributed by atoms with Crippen LogP contribution in [0.2, 0.25) is 0 Å². The maximum Gasteiger partial charge on any atom is 0.295 e. The van der Waals surface area contributed by atoms with Crippen molar-refractivity contribution in [1.82, 2.24) is 4.90 Å². The Morgan fingerprint density at radius 3 is 2.28 bits per heavy atom. The van der Waals surface area contributed by atoms with Crippen LogP contribution < -0.4 is 0 Å². The number of Topliss-reactive ketones (excluding diaryl/α,β-unsaturated/α-hetero) is 1. The SMILES string of the molecule is CCCCCCN1C(=O)C(=O)C(=C(O)c2ccc(C)cc2)C1c1ccc(F)cc1. The van der Waals surface area contributed by atoms with E-state index in [4.69, 9.17) is 0 Å². The number of likely N-dealkylation sites (tertiary alicyclic amines) is 1. The highest BCUT2D eigenvalue weighted by Gasteiger charge is 2.45. The van der Waals surface area contributed by atoms with Gasteiger partial charge in [0, 0.05) is 12.1 Å². The van der Waals surface area contributed by atoms with E-state index in [2.05, 4.69) is 6.92 Å². The molecule has 1 unspecified atom stereocenters. The number of rotatable bonds is 7. The number of carbonyl (C=O) groups is 2. The summed E-state index contributed by atoms with van der Waals surface area (Å²) in [5.41, 5.74) is 2.16. The van der Waals surface area contributed by atoms with Gasteiger partial charge in [-0.3, -0.25) is 9.59 Å². The molecular weight excluding hydrogens is 369 g/mol. The maximum atomic E-state index is 13.5. The van der Waals surface area contributed by atoms with Crippen molar-refractivity contribution in [3.8, 4) is 0 Å². The van der Waals surface area contributed by atoms with Gasteiger partial charge in [-0.15, -0.1) is 0 Å². The lowest BCUT2D eigenvalue weighted by Gasteiger charge is -2.25. The lowest BCUT2D eigenvalue weighted by Crippen LogP contribution is -2.30. The molecule has 29 heavy (non-hydrogen) atoms. The van der Waals surface area contributed by atoms with Gasteiger partial charge in [-0.2, -0.15) is 0 Å². The molecule has 1 N–H and O–H groups in total. The molecule has 1 aliphatic heterocycles. The van der Waals surface area contributed by atoms with E-state index in [1.807, 2.05) is 19.1 Å². The van der Waals surface area contributed by atoms with Crippen LogP contribution in [0.25, 0.3) is 5.76 Å². The molecule has 2 aromatic carbocycles. The van der Waals surface area contributed by atoms with Crippen LogP contribution in [0.3, 0.4) is 0 Å². The van der Waals surface area contributed by atoms with E-state index >= 15 is 0 Å². The summed E-state index contributed by atoms with van der Waals surface area (Å²) in [5, 5.41) is 10.9. The highest BCUT2D eigenvalue weighted by atomic mass is 19.1. The highest BCUT2D eigenvalue weighted by Crippen LogP contribution is 2.39. The summed E-state index contributed by atoms with van der Waals surface area (Å²) >= 11 is 0. The Balaban J connectivity index is 2.05. The minimum Gasteiger partial charge on any atom is -0.507 e. The number of aliphatic hydroxyl groups excluding tert-OH is 1.